The fraction of sp³-hybridized carbons (Fsp3) is 0.182. The maximum atomic E-state index is 5.74. The number of hydrogen-bond acceptors (Lipinski definition) is 4. The molecule has 0 atom stereocenters. The second-order valence-corrected chi connectivity index (χ2v) is 3.77. The first kappa shape index (κ1) is 10.8. The molecule has 0 saturated carbocycles. The van der Waals surface area contributed by atoms with E-state index >= 15 is 0 Å². The summed E-state index contributed by atoms with van der Waals surface area (Å²) >= 11 is 5.74. The summed E-state index contributed by atoms with van der Waals surface area (Å²) in [6.45, 7) is 2.63. The quantitative estimate of drug-likeness (QED) is 0.829. The van der Waals surface area contributed by atoms with E-state index in [-0.39, 0.29) is 0 Å². The second-order valence-electron chi connectivity index (χ2n) is 3.39. The van der Waals surface area contributed by atoms with Gasteiger partial charge in [0.15, 0.2) is 0 Å². The predicted molar refractivity (Wildman–Crippen MR) is 63.3 cm³/mol. The minimum absolute atomic E-state index is 0.430. The van der Waals surface area contributed by atoms with Crippen LogP contribution >= 0.6 is 11.6 Å². The standard InChI is InChI=1S/C11H11ClN4/c1-8-2-3-9(5-13-8)6-14-11-4-10(12)15-7-16-11/h2-5,7H,6H2,1H3,(H,14,15,16). The van der Waals surface area contributed by atoms with Crippen LogP contribution in [0.25, 0.3) is 0 Å². The van der Waals surface area contributed by atoms with Gasteiger partial charge in [-0.25, -0.2) is 9.97 Å². The van der Waals surface area contributed by atoms with Crippen molar-refractivity contribution in [3.05, 3.63) is 47.1 Å². The highest BCUT2D eigenvalue weighted by atomic mass is 35.5. The molecular weight excluding hydrogens is 224 g/mol. The molecule has 0 saturated heterocycles. The molecule has 0 radical (unpaired) electrons. The van der Waals surface area contributed by atoms with Crippen molar-refractivity contribution in [2.24, 2.45) is 0 Å². The fourth-order valence-corrected chi connectivity index (χ4v) is 1.37. The summed E-state index contributed by atoms with van der Waals surface area (Å²) in [5, 5.41) is 3.58. The van der Waals surface area contributed by atoms with Gasteiger partial charge in [0, 0.05) is 24.5 Å². The van der Waals surface area contributed by atoms with Crippen molar-refractivity contribution in [2.45, 2.75) is 13.5 Å². The second kappa shape index (κ2) is 4.90. The van der Waals surface area contributed by atoms with Gasteiger partial charge < -0.3 is 5.32 Å². The van der Waals surface area contributed by atoms with Gasteiger partial charge in [-0.3, -0.25) is 4.98 Å². The maximum Gasteiger partial charge on any atom is 0.134 e. The van der Waals surface area contributed by atoms with Crippen molar-refractivity contribution >= 4 is 17.4 Å². The van der Waals surface area contributed by atoms with Gasteiger partial charge in [-0.15, -0.1) is 0 Å². The number of aryl methyl sites for hydroxylation is 1. The molecule has 0 aliphatic rings. The van der Waals surface area contributed by atoms with Crippen molar-refractivity contribution in [1.82, 2.24) is 15.0 Å². The molecule has 0 spiro atoms. The molecule has 0 aliphatic carbocycles. The average Bonchev–Trinajstić information content (AvgIpc) is 2.28. The summed E-state index contributed by atoms with van der Waals surface area (Å²) < 4.78 is 0. The monoisotopic (exact) mass is 234 g/mol. The Morgan fingerprint density at radius 1 is 1.25 bits per heavy atom. The van der Waals surface area contributed by atoms with E-state index in [4.69, 9.17) is 11.6 Å². The van der Waals surface area contributed by atoms with Crippen LogP contribution in [0.1, 0.15) is 11.3 Å². The molecule has 2 heterocycles. The summed E-state index contributed by atoms with van der Waals surface area (Å²) in [4.78, 5) is 12.1. The fourth-order valence-electron chi connectivity index (χ4n) is 1.23. The van der Waals surface area contributed by atoms with Crippen LogP contribution in [0.4, 0.5) is 5.82 Å². The van der Waals surface area contributed by atoms with Gasteiger partial charge in [-0.05, 0) is 18.6 Å². The molecular formula is C11H11ClN4. The van der Waals surface area contributed by atoms with Crippen molar-refractivity contribution in [3.8, 4) is 0 Å². The smallest absolute Gasteiger partial charge is 0.134 e. The van der Waals surface area contributed by atoms with Crippen LogP contribution in [0, 0.1) is 6.92 Å². The number of nitrogens with one attached hydrogen (secondary N) is 1. The van der Waals surface area contributed by atoms with Crippen molar-refractivity contribution in [1.29, 1.82) is 0 Å². The largest absolute Gasteiger partial charge is 0.366 e. The number of aromatic nitrogens is 3. The first-order valence-electron chi connectivity index (χ1n) is 4.87. The number of anilines is 1. The molecule has 2 rings (SSSR count). The molecule has 16 heavy (non-hydrogen) atoms. The van der Waals surface area contributed by atoms with Crippen LogP contribution < -0.4 is 5.32 Å². The Bertz CT molecular complexity index is 470. The van der Waals surface area contributed by atoms with E-state index in [0.717, 1.165) is 11.3 Å². The maximum absolute atomic E-state index is 5.74. The van der Waals surface area contributed by atoms with Crippen LogP contribution in [0.5, 0.6) is 0 Å². The molecule has 0 unspecified atom stereocenters. The highest BCUT2D eigenvalue weighted by Crippen LogP contribution is 2.10. The van der Waals surface area contributed by atoms with E-state index in [2.05, 4.69) is 20.3 Å². The van der Waals surface area contributed by atoms with Crippen molar-refractivity contribution in [3.63, 3.8) is 0 Å². The van der Waals surface area contributed by atoms with Crippen molar-refractivity contribution in [2.75, 3.05) is 5.32 Å². The van der Waals surface area contributed by atoms with E-state index in [9.17, 15) is 0 Å². The Labute approximate surface area is 98.7 Å². The Morgan fingerprint density at radius 3 is 2.81 bits per heavy atom. The summed E-state index contributed by atoms with van der Waals surface area (Å²) in [6, 6.07) is 5.69. The average molecular weight is 235 g/mol. The third-order valence-electron chi connectivity index (χ3n) is 2.08. The van der Waals surface area contributed by atoms with Gasteiger partial charge in [0.25, 0.3) is 0 Å². The van der Waals surface area contributed by atoms with E-state index in [0.29, 0.717) is 17.5 Å². The van der Waals surface area contributed by atoms with Gasteiger partial charge in [0.1, 0.15) is 17.3 Å². The highest BCUT2D eigenvalue weighted by molar-refractivity contribution is 6.29. The van der Waals surface area contributed by atoms with E-state index in [1.54, 1.807) is 6.07 Å². The topological polar surface area (TPSA) is 50.7 Å². The third kappa shape index (κ3) is 2.90. The molecule has 82 valence electrons. The lowest BCUT2D eigenvalue weighted by Gasteiger charge is -2.05. The van der Waals surface area contributed by atoms with E-state index in [1.165, 1.54) is 6.33 Å². The van der Waals surface area contributed by atoms with Gasteiger partial charge in [-0.2, -0.15) is 0 Å². The molecule has 4 nitrogen and oxygen atoms in total. The van der Waals surface area contributed by atoms with Crippen LogP contribution in [0.2, 0.25) is 5.15 Å². The number of halogens is 1. The van der Waals surface area contributed by atoms with E-state index in [1.807, 2.05) is 25.3 Å². The molecule has 0 aromatic carbocycles. The Balaban J connectivity index is 1.99. The number of rotatable bonds is 3. The molecule has 0 fully saturated rings. The minimum Gasteiger partial charge on any atom is -0.366 e. The van der Waals surface area contributed by atoms with Gasteiger partial charge in [-0.1, -0.05) is 17.7 Å². The van der Waals surface area contributed by atoms with Gasteiger partial charge in [0.2, 0.25) is 0 Å². The Morgan fingerprint density at radius 2 is 2.12 bits per heavy atom. The lowest BCUT2D eigenvalue weighted by Crippen LogP contribution is -2.02. The molecule has 0 amide bonds. The zero-order valence-electron chi connectivity index (χ0n) is 8.81. The van der Waals surface area contributed by atoms with Crippen LogP contribution in [-0.2, 0) is 6.54 Å². The summed E-state index contributed by atoms with van der Waals surface area (Å²) in [7, 11) is 0. The van der Waals surface area contributed by atoms with Crippen LogP contribution in [0.3, 0.4) is 0 Å². The first-order valence-corrected chi connectivity index (χ1v) is 5.25. The zero-order valence-corrected chi connectivity index (χ0v) is 9.57. The molecule has 0 aliphatic heterocycles. The predicted octanol–water partition coefficient (Wildman–Crippen LogP) is 2.45. The summed E-state index contributed by atoms with van der Waals surface area (Å²) in [5.41, 5.74) is 2.11. The Hall–Kier alpha value is -1.68. The van der Waals surface area contributed by atoms with Gasteiger partial charge in [0.05, 0.1) is 0 Å². The summed E-state index contributed by atoms with van der Waals surface area (Å²) in [5.74, 6) is 0.709. The third-order valence-corrected chi connectivity index (χ3v) is 2.29. The first-order chi connectivity index (χ1) is 7.74. The molecule has 5 heteroatoms. The molecule has 1 N–H and O–H groups in total. The van der Waals surface area contributed by atoms with Crippen molar-refractivity contribution < 1.29 is 0 Å². The molecule has 0 bridgehead atoms. The van der Waals surface area contributed by atoms with Crippen LogP contribution in [-0.4, -0.2) is 15.0 Å². The number of pyridine rings is 1. The lowest BCUT2D eigenvalue weighted by atomic mass is 10.2. The Kier molecular flexibility index (Phi) is 3.31. The minimum atomic E-state index is 0.430. The SMILES string of the molecule is Cc1ccc(CNc2cc(Cl)ncn2)cn1. The van der Waals surface area contributed by atoms with Crippen LogP contribution in [0.15, 0.2) is 30.7 Å². The highest BCUT2D eigenvalue weighted by Gasteiger charge is 1.97. The van der Waals surface area contributed by atoms with Gasteiger partial charge >= 0.3 is 0 Å². The summed E-state index contributed by atoms with van der Waals surface area (Å²) in [6.07, 6.45) is 3.27. The normalized spacial score (nSPS) is 10.1. The van der Waals surface area contributed by atoms with E-state index < -0.39 is 0 Å². The zero-order chi connectivity index (χ0) is 11.4. The molecule has 2 aromatic rings. The number of hydrogen-bond donors (Lipinski definition) is 1. The molecule has 2 aromatic heterocycles. The number of nitrogens with zero attached hydrogens (tertiary/aromatic N) is 3. The lowest BCUT2D eigenvalue weighted by molar-refractivity contribution is 1.05.